The topological polar surface area (TPSA) is 49.3 Å². The van der Waals surface area contributed by atoms with E-state index in [1.54, 1.807) is 6.07 Å². The van der Waals surface area contributed by atoms with Crippen molar-refractivity contribution in [2.75, 3.05) is 5.32 Å². The van der Waals surface area contributed by atoms with Gasteiger partial charge in [0.05, 0.1) is 6.10 Å². The minimum Gasteiger partial charge on any atom is -0.388 e. The molecule has 0 radical (unpaired) electrons. The van der Waals surface area contributed by atoms with Gasteiger partial charge in [0.15, 0.2) is 0 Å². The predicted molar refractivity (Wildman–Crippen MR) is 56.0 cm³/mol. The summed E-state index contributed by atoms with van der Waals surface area (Å²) in [6.07, 6.45) is 0.120. The number of carbonyl (C=O) groups is 1. The molecule has 0 spiro atoms. The molecule has 0 saturated carbocycles. The Morgan fingerprint density at radius 3 is 2.71 bits per heavy atom. The number of benzene rings is 1. The molecule has 1 rings (SSSR count). The van der Waals surface area contributed by atoms with E-state index in [1.165, 1.54) is 6.92 Å². The predicted octanol–water partition coefficient (Wildman–Crippen LogP) is 2.09. The molecule has 0 heterocycles. The number of hydrogen-bond acceptors (Lipinski definition) is 2. The zero-order chi connectivity index (χ0) is 10.6. The number of para-hydroxylation sites is 1. The van der Waals surface area contributed by atoms with E-state index in [9.17, 15) is 9.90 Å². The second-order valence-corrected chi connectivity index (χ2v) is 3.19. The van der Waals surface area contributed by atoms with Crippen LogP contribution in [0, 0.1) is 0 Å². The monoisotopic (exact) mass is 193 g/mol. The van der Waals surface area contributed by atoms with Crippen LogP contribution >= 0.6 is 0 Å². The van der Waals surface area contributed by atoms with E-state index in [4.69, 9.17) is 0 Å². The Morgan fingerprint density at radius 2 is 2.14 bits per heavy atom. The molecule has 1 aromatic carbocycles. The van der Waals surface area contributed by atoms with Crippen molar-refractivity contribution in [3.63, 3.8) is 0 Å². The number of anilines is 1. The van der Waals surface area contributed by atoms with E-state index in [-0.39, 0.29) is 5.91 Å². The smallest absolute Gasteiger partial charge is 0.221 e. The Balaban J connectivity index is 2.96. The maximum atomic E-state index is 10.9. The van der Waals surface area contributed by atoms with Crippen LogP contribution in [0.15, 0.2) is 24.3 Å². The van der Waals surface area contributed by atoms with Crippen LogP contribution in [0.25, 0.3) is 0 Å². The van der Waals surface area contributed by atoms with Crippen LogP contribution in [-0.4, -0.2) is 11.0 Å². The Kier molecular flexibility index (Phi) is 3.65. The zero-order valence-corrected chi connectivity index (χ0v) is 8.45. The molecule has 0 aliphatic rings. The lowest BCUT2D eigenvalue weighted by Crippen LogP contribution is -2.09. The molecule has 0 bridgehead atoms. The fourth-order valence-corrected chi connectivity index (χ4v) is 1.31. The molecule has 3 nitrogen and oxygen atoms in total. The zero-order valence-electron chi connectivity index (χ0n) is 8.45. The standard InChI is InChI=1S/C11H15NO2/c1-3-11(14)9-6-4-5-7-10(9)12-8(2)13/h4-7,11,14H,3H2,1-2H3,(H,12,13)/t11-/m1/s1. The molecule has 0 fully saturated rings. The van der Waals surface area contributed by atoms with Gasteiger partial charge in [0, 0.05) is 18.2 Å². The average Bonchev–Trinajstić information content (AvgIpc) is 2.16. The third-order valence-electron chi connectivity index (χ3n) is 2.02. The Bertz CT molecular complexity index is 323. The SMILES string of the molecule is CC[C@@H](O)c1ccccc1NC(C)=O. The molecule has 1 atom stereocenters. The molecule has 76 valence electrons. The second-order valence-electron chi connectivity index (χ2n) is 3.19. The molecular formula is C11H15NO2. The highest BCUT2D eigenvalue weighted by Gasteiger charge is 2.09. The van der Waals surface area contributed by atoms with Crippen LogP contribution in [0.2, 0.25) is 0 Å². The number of aliphatic hydroxyl groups is 1. The molecule has 0 aromatic heterocycles. The lowest BCUT2D eigenvalue weighted by molar-refractivity contribution is -0.114. The average molecular weight is 193 g/mol. The maximum absolute atomic E-state index is 10.9. The number of rotatable bonds is 3. The van der Waals surface area contributed by atoms with Gasteiger partial charge in [-0.2, -0.15) is 0 Å². The number of nitrogens with one attached hydrogen (secondary N) is 1. The summed E-state index contributed by atoms with van der Waals surface area (Å²) in [5.74, 6) is -0.124. The normalized spacial score (nSPS) is 12.2. The van der Waals surface area contributed by atoms with Gasteiger partial charge < -0.3 is 10.4 Å². The highest BCUT2D eigenvalue weighted by Crippen LogP contribution is 2.24. The van der Waals surface area contributed by atoms with Crippen molar-refractivity contribution in [3.05, 3.63) is 29.8 Å². The van der Waals surface area contributed by atoms with Crippen LogP contribution in [0.4, 0.5) is 5.69 Å². The van der Waals surface area contributed by atoms with Crippen molar-refractivity contribution in [3.8, 4) is 0 Å². The summed E-state index contributed by atoms with van der Waals surface area (Å²) >= 11 is 0. The Labute approximate surface area is 83.8 Å². The molecule has 0 aliphatic heterocycles. The lowest BCUT2D eigenvalue weighted by Gasteiger charge is -2.13. The molecule has 14 heavy (non-hydrogen) atoms. The van der Waals surface area contributed by atoms with Crippen molar-refractivity contribution < 1.29 is 9.90 Å². The quantitative estimate of drug-likeness (QED) is 0.772. The van der Waals surface area contributed by atoms with E-state index in [0.29, 0.717) is 12.1 Å². The van der Waals surface area contributed by atoms with E-state index < -0.39 is 6.10 Å². The fourth-order valence-electron chi connectivity index (χ4n) is 1.31. The van der Waals surface area contributed by atoms with E-state index >= 15 is 0 Å². The lowest BCUT2D eigenvalue weighted by atomic mass is 10.1. The molecule has 2 N–H and O–H groups in total. The molecule has 3 heteroatoms. The van der Waals surface area contributed by atoms with Gasteiger partial charge in [0.1, 0.15) is 0 Å². The summed E-state index contributed by atoms with van der Waals surface area (Å²) in [4.78, 5) is 10.9. The molecule has 0 unspecified atom stereocenters. The second kappa shape index (κ2) is 4.77. The summed E-state index contributed by atoms with van der Waals surface area (Å²) in [6.45, 7) is 3.35. The van der Waals surface area contributed by atoms with Crippen LogP contribution in [0.5, 0.6) is 0 Å². The van der Waals surface area contributed by atoms with Crippen molar-refractivity contribution in [2.45, 2.75) is 26.4 Å². The number of hydrogen-bond donors (Lipinski definition) is 2. The van der Waals surface area contributed by atoms with Gasteiger partial charge in [-0.05, 0) is 12.5 Å². The van der Waals surface area contributed by atoms with E-state index in [0.717, 1.165) is 5.56 Å². The molecule has 0 saturated heterocycles. The highest BCUT2D eigenvalue weighted by atomic mass is 16.3. The van der Waals surface area contributed by atoms with Gasteiger partial charge in [-0.3, -0.25) is 4.79 Å². The largest absolute Gasteiger partial charge is 0.388 e. The summed E-state index contributed by atoms with van der Waals surface area (Å²) in [6, 6.07) is 7.28. The first-order valence-corrected chi connectivity index (χ1v) is 4.69. The number of amides is 1. The Morgan fingerprint density at radius 1 is 1.50 bits per heavy atom. The first kappa shape index (κ1) is 10.7. The minimum absolute atomic E-state index is 0.124. The van der Waals surface area contributed by atoms with Crippen LogP contribution < -0.4 is 5.32 Å². The summed E-state index contributed by atoms with van der Waals surface area (Å²) in [5, 5.41) is 12.4. The number of aliphatic hydroxyl groups excluding tert-OH is 1. The van der Waals surface area contributed by atoms with Crippen LogP contribution in [0.1, 0.15) is 31.9 Å². The number of carbonyl (C=O) groups excluding carboxylic acids is 1. The van der Waals surface area contributed by atoms with E-state index in [1.807, 2.05) is 25.1 Å². The van der Waals surface area contributed by atoms with Gasteiger partial charge in [0.2, 0.25) is 5.91 Å². The summed E-state index contributed by atoms with van der Waals surface area (Å²) < 4.78 is 0. The third-order valence-corrected chi connectivity index (χ3v) is 2.02. The van der Waals surface area contributed by atoms with Gasteiger partial charge in [-0.25, -0.2) is 0 Å². The van der Waals surface area contributed by atoms with Gasteiger partial charge in [0.25, 0.3) is 0 Å². The molecule has 0 aliphatic carbocycles. The van der Waals surface area contributed by atoms with Gasteiger partial charge in [-0.1, -0.05) is 25.1 Å². The fraction of sp³-hybridized carbons (Fsp3) is 0.364. The van der Waals surface area contributed by atoms with Crippen LogP contribution in [-0.2, 0) is 4.79 Å². The van der Waals surface area contributed by atoms with Crippen LogP contribution in [0.3, 0.4) is 0 Å². The Hall–Kier alpha value is -1.35. The summed E-state index contributed by atoms with van der Waals surface area (Å²) in [5.41, 5.74) is 1.46. The first-order chi connectivity index (χ1) is 6.65. The first-order valence-electron chi connectivity index (χ1n) is 4.69. The van der Waals surface area contributed by atoms with E-state index in [2.05, 4.69) is 5.32 Å². The van der Waals surface area contributed by atoms with Crippen molar-refractivity contribution in [1.82, 2.24) is 0 Å². The maximum Gasteiger partial charge on any atom is 0.221 e. The molecule has 1 aromatic rings. The molecule has 1 amide bonds. The van der Waals surface area contributed by atoms with Gasteiger partial charge >= 0.3 is 0 Å². The summed E-state index contributed by atoms with van der Waals surface area (Å²) in [7, 11) is 0. The van der Waals surface area contributed by atoms with Crippen molar-refractivity contribution >= 4 is 11.6 Å². The highest BCUT2D eigenvalue weighted by molar-refractivity contribution is 5.89. The van der Waals surface area contributed by atoms with Crippen molar-refractivity contribution in [2.24, 2.45) is 0 Å². The molecular weight excluding hydrogens is 178 g/mol. The third kappa shape index (κ3) is 2.57. The van der Waals surface area contributed by atoms with Gasteiger partial charge in [-0.15, -0.1) is 0 Å². The minimum atomic E-state index is -0.516. The van der Waals surface area contributed by atoms with Crippen molar-refractivity contribution in [1.29, 1.82) is 0 Å².